The van der Waals surface area contributed by atoms with Gasteiger partial charge in [-0.05, 0) is 11.6 Å². The van der Waals surface area contributed by atoms with Gasteiger partial charge in [-0.25, -0.2) is 8.42 Å². The summed E-state index contributed by atoms with van der Waals surface area (Å²) in [4.78, 5) is 0.226. The first kappa shape index (κ1) is 14.8. The van der Waals surface area contributed by atoms with E-state index in [4.69, 9.17) is 0 Å². The van der Waals surface area contributed by atoms with E-state index < -0.39 is 10.0 Å². The van der Waals surface area contributed by atoms with Crippen LogP contribution in [0.1, 0.15) is 19.4 Å². The third-order valence-corrected chi connectivity index (χ3v) is 6.31. The van der Waals surface area contributed by atoms with Crippen LogP contribution in [0.3, 0.4) is 0 Å². The fourth-order valence-electron chi connectivity index (χ4n) is 2.35. The fraction of sp³-hybridized carbons (Fsp3) is 0.538. The average Bonchev–Trinajstić information content (AvgIpc) is 2.37. The summed E-state index contributed by atoms with van der Waals surface area (Å²) < 4.78 is 26.9. The van der Waals surface area contributed by atoms with Crippen molar-refractivity contribution in [3.8, 4) is 0 Å². The van der Waals surface area contributed by atoms with E-state index in [9.17, 15) is 13.5 Å². The number of benzene rings is 1. The van der Waals surface area contributed by atoms with Crippen molar-refractivity contribution >= 4 is 21.8 Å². The first-order valence-corrected chi connectivity index (χ1v) is 8.68. The van der Waals surface area contributed by atoms with E-state index in [0.29, 0.717) is 29.2 Å². The minimum atomic E-state index is -3.51. The molecule has 106 valence electrons. The molecule has 1 heterocycles. The Labute approximate surface area is 118 Å². The van der Waals surface area contributed by atoms with Crippen molar-refractivity contribution in [3.05, 3.63) is 29.8 Å². The van der Waals surface area contributed by atoms with Gasteiger partial charge in [0.05, 0.1) is 11.5 Å². The number of nitrogens with zero attached hydrogens (tertiary/aromatic N) is 1. The molecular weight excluding hydrogens is 282 g/mol. The van der Waals surface area contributed by atoms with Crippen LogP contribution in [-0.4, -0.2) is 41.4 Å². The van der Waals surface area contributed by atoms with Crippen molar-refractivity contribution in [3.63, 3.8) is 0 Å². The second-order valence-electron chi connectivity index (χ2n) is 4.85. The van der Waals surface area contributed by atoms with E-state index >= 15 is 0 Å². The third kappa shape index (κ3) is 3.13. The van der Waals surface area contributed by atoms with E-state index in [-0.39, 0.29) is 11.5 Å². The second-order valence-corrected chi connectivity index (χ2v) is 8.63. The number of aliphatic hydroxyl groups excluding tert-OH is 1. The molecule has 1 fully saturated rings. The summed E-state index contributed by atoms with van der Waals surface area (Å²) in [6.07, 6.45) is 0. The Balaban J connectivity index is 2.36. The lowest BCUT2D eigenvalue weighted by atomic mass is 10.2. The highest BCUT2D eigenvalue weighted by atomic mass is 32.2. The first-order valence-electron chi connectivity index (χ1n) is 6.29. The molecule has 1 aliphatic heterocycles. The predicted octanol–water partition coefficient (Wildman–Crippen LogP) is 1.69. The zero-order valence-electron chi connectivity index (χ0n) is 11.1. The van der Waals surface area contributed by atoms with Gasteiger partial charge in [0.25, 0.3) is 0 Å². The van der Waals surface area contributed by atoms with Gasteiger partial charge in [0.2, 0.25) is 10.0 Å². The summed E-state index contributed by atoms with van der Waals surface area (Å²) in [5, 5.41) is 9.88. The van der Waals surface area contributed by atoms with Gasteiger partial charge >= 0.3 is 0 Å². The summed E-state index contributed by atoms with van der Waals surface area (Å²) in [5.74, 6) is 0. The van der Waals surface area contributed by atoms with E-state index in [1.165, 1.54) is 4.31 Å². The van der Waals surface area contributed by atoms with Gasteiger partial charge in [0.1, 0.15) is 0 Å². The summed E-state index contributed by atoms with van der Waals surface area (Å²) in [6.45, 7) is 4.87. The molecule has 1 saturated heterocycles. The highest BCUT2D eigenvalue weighted by Gasteiger charge is 2.32. The molecule has 0 radical (unpaired) electrons. The van der Waals surface area contributed by atoms with Gasteiger partial charge in [-0.15, -0.1) is 0 Å². The maximum absolute atomic E-state index is 12.7. The van der Waals surface area contributed by atoms with Crippen LogP contribution in [0.2, 0.25) is 0 Å². The first-order chi connectivity index (χ1) is 8.95. The van der Waals surface area contributed by atoms with Crippen LogP contribution in [0.5, 0.6) is 0 Å². The predicted molar refractivity (Wildman–Crippen MR) is 77.6 cm³/mol. The van der Waals surface area contributed by atoms with Crippen molar-refractivity contribution in [2.24, 2.45) is 0 Å². The molecule has 1 aromatic carbocycles. The standard InChI is InChI=1S/C13H19NO3S2/c1-10-7-14(8-11(2)18-10)19(16,17)13-6-4-3-5-12(13)9-15/h3-6,10-11,15H,7-9H2,1-2H3. The van der Waals surface area contributed by atoms with Crippen molar-refractivity contribution in [2.75, 3.05) is 13.1 Å². The van der Waals surface area contributed by atoms with E-state index in [1.807, 2.05) is 25.6 Å². The van der Waals surface area contributed by atoms with Crippen LogP contribution in [0.25, 0.3) is 0 Å². The van der Waals surface area contributed by atoms with Gasteiger partial charge in [-0.2, -0.15) is 16.1 Å². The number of aliphatic hydroxyl groups is 1. The maximum atomic E-state index is 12.7. The number of thioether (sulfide) groups is 1. The monoisotopic (exact) mass is 301 g/mol. The van der Waals surface area contributed by atoms with Crippen molar-refractivity contribution in [1.29, 1.82) is 0 Å². The Kier molecular flexibility index (Phi) is 4.55. The van der Waals surface area contributed by atoms with Gasteiger partial charge in [-0.3, -0.25) is 0 Å². The van der Waals surface area contributed by atoms with Crippen LogP contribution in [0.4, 0.5) is 0 Å². The summed E-state index contributed by atoms with van der Waals surface area (Å²) >= 11 is 1.81. The molecular formula is C13H19NO3S2. The van der Waals surface area contributed by atoms with E-state index in [2.05, 4.69) is 0 Å². The quantitative estimate of drug-likeness (QED) is 0.923. The van der Waals surface area contributed by atoms with Crippen molar-refractivity contribution in [2.45, 2.75) is 35.8 Å². The van der Waals surface area contributed by atoms with Crippen LogP contribution < -0.4 is 0 Å². The molecule has 0 bridgehead atoms. The van der Waals surface area contributed by atoms with Gasteiger partial charge in [0, 0.05) is 23.6 Å². The Morgan fingerprint density at radius 2 is 1.84 bits per heavy atom. The van der Waals surface area contributed by atoms with Crippen LogP contribution in [0, 0.1) is 0 Å². The molecule has 2 unspecified atom stereocenters. The lowest BCUT2D eigenvalue weighted by Gasteiger charge is -2.34. The number of hydrogen-bond acceptors (Lipinski definition) is 4. The molecule has 1 aliphatic rings. The zero-order chi connectivity index (χ0) is 14.0. The average molecular weight is 301 g/mol. The summed E-state index contributed by atoms with van der Waals surface area (Å²) in [5.41, 5.74) is 0.459. The minimum absolute atomic E-state index is 0.226. The summed E-state index contributed by atoms with van der Waals surface area (Å²) in [6, 6.07) is 6.65. The molecule has 0 saturated carbocycles. The smallest absolute Gasteiger partial charge is 0.243 e. The molecule has 0 spiro atoms. The molecule has 0 amide bonds. The molecule has 1 N–H and O–H groups in total. The molecule has 4 nitrogen and oxygen atoms in total. The number of sulfonamides is 1. The largest absolute Gasteiger partial charge is 0.392 e. The lowest BCUT2D eigenvalue weighted by Crippen LogP contribution is -2.44. The fourth-order valence-corrected chi connectivity index (χ4v) is 5.70. The third-order valence-electron chi connectivity index (χ3n) is 3.15. The van der Waals surface area contributed by atoms with Gasteiger partial charge in [-0.1, -0.05) is 32.0 Å². The lowest BCUT2D eigenvalue weighted by molar-refractivity contribution is 0.278. The molecule has 2 rings (SSSR count). The Morgan fingerprint density at radius 3 is 2.42 bits per heavy atom. The zero-order valence-corrected chi connectivity index (χ0v) is 12.7. The Morgan fingerprint density at radius 1 is 1.26 bits per heavy atom. The topological polar surface area (TPSA) is 57.6 Å². The van der Waals surface area contributed by atoms with E-state index in [1.54, 1.807) is 24.3 Å². The minimum Gasteiger partial charge on any atom is -0.392 e. The van der Waals surface area contributed by atoms with Crippen molar-refractivity contribution in [1.82, 2.24) is 4.31 Å². The highest BCUT2D eigenvalue weighted by Crippen LogP contribution is 2.29. The second kappa shape index (κ2) is 5.83. The number of rotatable bonds is 3. The molecule has 6 heteroatoms. The molecule has 2 atom stereocenters. The van der Waals surface area contributed by atoms with Crippen LogP contribution in [-0.2, 0) is 16.6 Å². The molecule has 0 aliphatic carbocycles. The van der Waals surface area contributed by atoms with Crippen LogP contribution in [0.15, 0.2) is 29.2 Å². The maximum Gasteiger partial charge on any atom is 0.243 e. The Bertz CT molecular complexity index is 535. The molecule has 1 aromatic rings. The number of hydrogen-bond donors (Lipinski definition) is 1. The van der Waals surface area contributed by atoms with Crippen molar-refractivity contribution < 1.29 is 13.5 Å². The molecule has 0 aromatic heterocycles. The Hall–Kier alpha value is -0.560. The highest BCUT2D eigenvalue weighted by molar-refractivity contribution is 8.00. The van der Waals surface area contributed by atoms with Gasteiger partial charge < -0.3 is 5.11 Å². The normalized spacial score (nSPS) is 25.4. The SMILES string of the molecule is CC1CN(S(=O)(=O)c2ccccc2CO)CC(C)S1. The van der Waals surface area contributed by atoms with Crippen LogP contribution >= 0.6 is 11.8 Å². The summed E-state index contributed by atoms with van der Waals surface area (Å²) in [7, 11) is -3.51. The molecule has 19 heavy (non-hydrogen) atoms. The van der Waals surface area contributed by atoms with E-state index in [0.717, 1.165) is 0 Å². The van der Waals surface area contributed by atoms with Gasteiger partial charge in [0.15, 0.2) is 0 Å².